The van der Waals surface area contributed by atoms with E-state index in [1.165, 1.54) is 11.1 Å². The van der Waals surface area contributed by atoms with E-state index >= 15 is 0 Å². The Morgan fingerprint density at radius 3 is 1.77 bits per heavy atom. The van der Waals surface area contributed by atoms with Crippen molar-refractivity contribution in [2.75, 3.05) is 0 Å². The van der Waals surface area contributed by atoms with Gasteiger partial charge in [-0.05, 0) is 50.5 Å². The van der Waals surface area contributed by atoms with E-state index in [1.54, 1.807) is 0 Å². The monoisotopic (exact) mass is 391 g/mol. The predicted octanol–water partition coefficient (Wildman–Crippen LogP) is 6.88. The summed E-state index contributed by atoms with van der Waals surface area (Å²) < 4.78 is 0. The molecule has 0 amide bonds. The first-order valence-corrected chi connectivity index (χ1v) is 10.2. The van der Waals surface area contributed by atoms with Crippen LogP contribution in [0, 0.1) is 27.7 Å². The van der Waals surface area contributed by atoms with Crippen molar-refractivity contribution in [1.29, 1.82) is 0 Å². The summed E-state index contributed by atoms with van der Waals surface area (Å²) in [7, 11) is 0. The van der Waals surface area contributed by atoms with Crippen molar-refractivity contribution in [3.05, 3.63) is 112 Å². The number of benzene rings is 3. The summed E-state index contributed by atoms with van der Waals surface area (Å²) in [5, 5.41) is 0. The highest BCUT2D eigenvalue weighted by Gasteiger charge is 2.15. The van der Waals surface area contributed by atoms with Crippen molar-refractivity contribution in [3.8, 4) is 22.4 Å². The molecule has 4 rings (SSSR count). The van der Waals surface area contributed by atoms with Gasteiger partial charge >= 0.3 is 0 Å². The van der Waals surface area contributed by atoms with Crippen LogP contribution in [-0.4, -0.2) is 10.8 Å². The second-order valence-electron chi connectivity index (χ2n) is 7.98. The van der Waals surface area contributed by atoms with Crippen molar-refractivity contribution in [2.24, 2.45) is 0 Å². The quantitative estimate of drug-likeness (QED) is 0.355. The minimum atomic E-state index is 0.0735. The fourth-order valence-corrected chi connectivity index (χ4v) is 3.96. The normalized spacial score (nSPS) is 10.8. The van der Waals surface area contributed by atoms with Crippen LogP contribution in [0.25, 0.3) is 22.4 Å². The first-order valence-electron chi connectivity index (χ1n) is 10.2. The van der Waals surface area contributed by atoms with E-state index in [1.807, 2.05) is 50.4 Å². The largest absolute Gasteiger partial charge is 0.289 e. The highest BCUT2D eigenvalue weighted by Crippen LogP contribution is 2.25. The van der Waals surface area contributed by atoms with Gasteiger partial charge in [-0.25, -0.2) is 0 Å². The van der Waals surface area contributed by atoms with Gasteiger partial charge in [0.1, 0.15) is 0 Å². The Kier molecular flexibility index (Phi) is 5.33. The number of carbonyl (C=O) groups is 1. The number of carbonyl (C=O) groups excluding carboxylic acids is 1. The van der Waals surface area contributed by atoms with Crippen molar-refractivity contribution < 1.29 is 4.79 Å². The number of rotatable bonds is 4. The molecule has 2 heteroatoms. The fourth-order valence-electron chi connectivity index (χ4n) is 3.96. The molecule has 2 nitrogen and oxygen atoms in total. The van der Waals surface area contributed by atoms with Gasteiger partial charge in [-0.1, -0.05) is 77.9 Å². The maximum Gasteiger partial charge on any atom is 0.193 e. The van der Waals surface area contributed by atoms with Gasteiger partial charge < -0.3 is 0 Å². The molecule has 0 atom stereocenters. The Hall–Kier alpha value is -3.52. The highest BCUT2D eigenvalue weighted by molar-refractivity contribution is 6.11. The third-order valence-corrected chi connectivity index (χ3v) is 5.50. The molecular formula is C28H25NO. The minimum absolute atomic E-state index is 0.0735. The van der Waals surface area contributed by atoms with E-state index < -0.39 is 0 Å². The van der Waals surface area contributed by atoms with Crippen molar-refractivity contribution in [1.82, 2.24) is 4.98 Å². The SMILES string of the molecule is Cc1ccc(-c2ccc(-c3ccc(C(=O)c4c(C)cc(C)cc4C)cc3)cn2)cc1. The Labute approximate surface area is 178 Å². The molecule has 0 bridgehead atoms. The lowest BCUT2D eigenvalue weighted by atomic mass is 9.92. The van der Waals surface area contributed by atoms with Crippen LogP contribution in [0.15, 0.2) is 79.0 Å². The Morgan fingerprint density at radius 2 is 1.20 bits per heavy atom. The summed E-state index contributed by atoms with van der Waals surface area (Å²) in [6.07, 6.45) is 1.89. The lowest BCUT2D eigenvalue weighted by molar-refractivity contribution is 0.103. The average molecular weight is 392 g/mol. The van der Waals surface area contributed by atoms with Crippen LogP contribution in [0.4, 0.5) is 0 Å². The molecule has 0 saturated carbocycles. The molecule has 4 aromatic rings. The first-order chi connectivity index (χ1) is 14.4. The number of aromatic nitrogens is 1. The average Bonchev–Trinajstić information content (AvgIpc) is 2.74. The topological polar surface area (TPSA) is 30.0 Å². The van der Waals surface area contributed by atoms with Crippen LogP contribution in [-0.2, 0) is 0 Å². The zero-order chi connectivity index (χ0) is 21.3. The highest BCUT2D eigenvalue weighted by atomic mass is 16.1. The van der Waals surface area contributed by atoms with E-state index in [4.69, 9.17) is 0 Å². The van der Waals surface area contributed by atoms with Gasteiger partial charge in [-0.3, -0.25) is 9.78 Å². The number of hydrogen-bond donors (Lipinski definition) is 0. The second kappa shape index (κ2) is 8.08. The maximum absolute atomic E-state index is 13.1. The fraction of sp³-hybridized carbons (Fsp3) is 0.143. The van der Waals surface area contributed by atoms with Gasteiger partial charge in [-0.2, -0.15) is 0 Å². The van der Waals surface area contributed by atoms with Gasteiger partial charge in [0, 0.05) is 28.5 Å². The summed E-state index contributed by atoms with van der Waals surface area (Å²) in [4.78, 5) is 17.7. The molecule has 1 aromatic heterocycles. The number of ketones is 1. The Balaban J connectivity index is 1.58. The van der Waals surface area contributed by atoms with Gasteiger partial charge in [0.2, 0.25) is 0 Å². The summed E-state index contributed by atoms with van der Waals surface area (Å²) in [6, 6.07) is 24.4. The van der Waals surface area contributed by atoms with E-state index in [0.717, 1.165) is 39.1 Å². The number of nitrogens with zero attached hydrogens (tertiary/aromatic N) is 1. The number of aryl methyl sites for hydroxylation is 4. The molecule has 0 N–H and O–H groups in total. The molecule has 148 valence electrons. The standard InChI is InChI=1S/C28H25NO/c1-18-5-7-23(8-6-18)26-14-13-25(17-29-26)22-9-11-24(12-10-22)28(30)27-20(3)15-19(2)16-21(27)4/h5-17H,1-4H3. The molecule has 0 aliphatic carbocycles. The van der Waals surface area contributed by atoms with Gasteiger partial charge in [0.25, 0.3) is 0 Å². The molecule has 0 saturated heterocycles. The molecule has 1 heterocycles. The molecular weight excluding hydrogens is 366 g/mol. The van der Waals surface area contributed by atoms with E-state index in [0.29, 0.717) is 5.56 Å². The van der Waals surface area contributed by atoms with Crippen molar-refractivity contribution in [2.45, 2.75) is 27.7 Å². The lowest BCUT2D eigenvalue weighted by Gasteiger charge is -2.11. The predicted molar refractivity (Wildman–Crippen MR) is 124 cm³/mol. The van der Waals surface area contributed by atoms with Crippen LogP contribution in [0.5, 0.6) is 0 Å². The zero-order valence-electron chi connectivity index (χ0n) is 17.9. The van der Waals surface area contributed by atoms with Crippen LogP contribution in [0.1, 0.15) is 38.2 Å². The van der Waals surface area contributed by atoms with Gasteiger partial charge in [-0.15, -0.1) is 0 Å². The van der Waals surface area contributed by atoms with Crippen molar-refractivity contribution in [3.63, 3.8) is 0 Å². The molecule has 0 fully saturated rings. The molecule has 0 spiro atoms. The smallest absolute Gasteiger partial charge is 0.193 e. The minimum Gasteiger partial charge on any atom is -0.289 e. The van der Waals surface area contributed by atoms with Gasteiger partial charge in [0.15, 0.2) is 5.78 Å². The summed E-state index contributed by atoms with van der Waals surface area (Å²) in [5.74, 6) is 0.0735. The van der Waals surface area contributed by atoms with Crippen LogP contribution < -0.4 is 0 Å². The number of hydrogen-bond acceptors (Lipinski definition) is 2. The third-order valence-electron chi connectivity index (χ3n) is 5.50. The van der Waals surface area contributed by atoms with Crippen molar-refractivity contribution >= 4 is 5.78 Å². The van der Waals surface area contributed by atoms with E-state index in [-0.39, 0.29) is 5.78 Å². The first kappa shape index (κ1) is 19.8. The molecule has 30 heavy (non-hydrogen) atoms. The Morgan fingerprint density at radius 1 is 0.633 bits per heavy atom. The van der Waals surface area contributed by atoms with Crippen LogP contribution in [0.2, 0.25) is 0 Å². The molecule has 0 aliphatic rings. The lowest BCUT2D eigenvalue weighted by Crippen LogP contribution is -2.06. The van der Waals surface area contributed by atoms with Crippen LogP contribution in [0.3, 0.4) is 0 Å². The zero-order valence-corrected chi connectivity index (χ0v) is 17.9. The summed E-state index contributed by atoms with van der Waals surface area (Å²) in [6.45, 7) is 8.14. The number of pyridine rings is 1. The van der Waals surface area contributed by atoms with E-state index in [2.05, 4.69) is 61.3 Å². The maximum atomic E-state index is 13.1. The molecule has 0 unspecified atom stereocenters. The van der Waals surface area contributed by atoms with E-state index in [9.17, 15) is 4.79 Å². The molecule has 0 radical (unpaired) electrons. The summed E-state index contributed by atoms with van der Waals surface area (Å²) in [5.41, 5.74) is 10.1. The molecule has 0 aliphatic heterocycles. The van der Waals surface area contributed by atoms with Gasteiger partial charge in [0.05, 0.1) is 5.69 Å². The van der Waals surface area contributed by atoms with Crippen LogP contribution >= 0.6 is 0 Å². The second-order valence-corrected chi connectivity index (χ2v) is 7.98. The Bertz CT molecular complexity index is 1180. The molecule has 3 aromatic carbocycles. The summed E-state index contributed by atoms with van der Waals surface area (Å²) >= 11 is 0. The third kappa shape index (κ3) is 3.95.